The standard InChI is InChI=1S/C16H15Cl2F/c1-10-3-5-12(6-4-10)8-14(17)13-7-11(2)16(19)9-15(13)18/h3-7,9,14H,8H2,1-2H3. The van der Waals surface area contributed by atoms with E-state index in [0.717, 1.165) is 11.1 Å². The summed E-state index contributed by atoms with van der Waals surface area (Å²) in [6, 6.07) is 11.3. The Hall–Kier alpha value is -1.05. The molecule has 0 aromatic heterocycles. The Balaban J connectivity index is 2.22. The maximum absolute atomic E-state index is 13.4. The molecule has 0 radical (unpaired) electrons. The number of benzene rings is 2. The zero-order valence-corrected chi connectivity index (χ0v) is 12.4. The van der Waals surface area contributed by atoms with Gasteiger partial charge in [0.15, 0.2) is 0 Å². The molecule has 3 heteroatoms. The van der Waals surface area contributed by atoms with Gasteiger partial charge in [0.05, 0.1) is 5.38 Å². The molecule has 1 atom stereocenters. The van der Waals surface area contributed by atoms with Gasteiger partial charge < -0.3 is 0 Å². The number of halogens is 3. The summed E-state index contributed by atoms with van der Waals surface area (Å²) in [5, 5.41) is 0.129. The van der Waals surface area contributed by atoms with Gasteiger partial charge in [-0.2, -0.15) is 0 Å². The number of alkyl halides is 1. The second-order valence-electron chi connectivity index (χ2n) is 4.78. The van der Waals surface area contributed by atoms with E-state index in [2.05, 4.69) is 24.3 Å². The van der Waals surface area contributed by atoms with Gasteiger partial charge >= 0.3 is 0 Å². The van der Waals surface area contributed by atoms with Crippen molar-refractivity contribution in [1.82, 2.24) is 0 Å². The first-order valence-electron chi connectivity index (χ1n) is 6.12. The van der Waals surface area contributed by atoms with E-state index in [0.29, 0.717) is 17.0 Å². The van der Waals surface area contributed by atoms with E-state index in [9.17, 15) is 4.39 Å². The van der Waals surface area contributed by atoms with Crippen LogP contribution in [0.4, 0.5) is 4.39 Å². The molecule has 0 saturated carbocycles. The molecule has 0 aliphatic carbocycles. The topological polar surface area (TPSA) is 0 Å². The largest absolute Gasteiger partial charge is 0.207 e. The van der Waals surface area contributed by atoms with Gasteiger partial charge in [0.1, 0.15) is 5.82 Å². The molecule has 0 nitrogen and oxygen atoms in total. The van der Waals surface area contributed by atoms with Gasteiger partial charge in [0, 0.05) is 5.02 Å². The van der Waals surface area contributed by atoms with E-state index in [4.69, 9.17) is 23.2 Å². The number of aryl methyl sites for hydroxylation is 2. The molecule has 0 saturated heterocycles. The van der Waals surface area contributed by atoms with Crippen molar-refractivity contribution in [1.29, 1.82) is 0 Å². The molecule has 19 heavy (non-hydrogen) atoms. The average molecular weight is 297 g/mol. The van der Waals surface area contributed by atoms with Crippen LogP contribution in [0.5, 0.6) is 0 Å². The van der Waals surface area contributed by atoms with Gasteiger partial charge in [-0.3, -0.25) is 0 Å². The van der Waals surface area contributed by atoms with Crippen LogP contribution in [0.25, 0.3) is 0 Å². The van der Waals surface area contributed by atoms with Crippen molar-refractivity contribution in [2.75, 3.05) is 0 Å². The highest BCUT2D eigenvalue weighted by molar-refractivity contribution is 6.32. The van der Waals surface area contributed by atoms with Crippen LogP contribution in [0.1, 0.15) is 27.6 Å². The fourth-order valence-corrected chi connectivity index (χ4v) is 2.66. The third-order valence-electron chi connectivity index (χ3n) is 3.15. The quantitative estimate of drug-likeness (QED) is 0.645. The molecule has 0 aliphatic heterocycles. The van der Waals surface area contributed by atoms with Crippen molar-refractivity contribution in [3.8, 4) is 0 Å². The fraction of sp³-hybridized carbons (Fsp3) is 0.250. The Labute approximate surface area is 123 Å². The molecule has 2 aromatic carbocycles. The SMILES string of the molecule is Cc1ccc(CC(Cl)c2cc(C)c(F)cc2Cl)cc1. The molecular weight excluding hydrogens is 282 g/mol. The van der Waals surface area contributed by atoms with Crippen LogP contribution in [0.2, 0.25) is 5.02 Å². The molecule has 0 N–H and O–H groups in total. The molecule has 2 rings (SSSR count). The maximum Gasteiger partial charge on any atom is 0.127 e. The molecule has 0 heterocycles. The molecule has 0 fully saturated rings. The summed E-state index contributed by atoms with van der Waals surface area (Å²) >= 11 is 12.5. The van der Waals surface area contributed by atoms with E-state index in [1.54, 1.807) is 13.0 Å². The minimum absolute atomic E-state index is 0.255. The lowest BCUT2D eigenvalue weighted by Crippen LogP contribution is -1.99. The summed E-state index contributed by atoms with van der Waals surface area (Å²) in [6.45, 7) is 3.76. The maximum atomic E-state index is 13.4. The van der Waals surface area contributed by atoms with Gasteiger partial charge in [-0.05, 0) is 43.0 Å². The Bertz CT molecular complexity index is 576. The second-order valence-corrected chi connectivity index (χ2v) is 5.71. The predicted molar refractivity (Wildman–Crippen MR) is 79.6 cm³/mol. The Morgan fingerprint density at radius 1 is 1.11 bits per heavy atom. The minimum Gasteiger partial charge on any atom is -0.207 e. The van der Waals surface area contributed by atoms with Crippen LogP contribution in [0.15, 0.2) is 36.4 Å². The second kappa shape index (κ2) is 5.94. The minimum atomic E-state index is -0.298. The van der Waals surface area contributed by atoms with Gasteiger partial charge in [0.25, 0.3) is 0 Å². The predicted octanol–water partition coefficient (Wildman–Crippen LogP) is 5.62. The van der Waals surface area contributed by atoms with Crippen LogP contribution in [0, 0.1) is 19.7 Å². The van der Waals surface area contributed by atoms with Crippen LogP contribution in [-0.4, -0.2) is 0 Å². The summed E-state index contributed by atoms with van der Waals surface area (Å²) in [4.78, 5) is 0. The number of hydrogen-bond acceptors (Lipinski definition) is 0. The van der Waals surface area contributed by atoms with E-state index in [1.807, 2.05) is 6.92 Å². The number of hydrogen-bond donors (Lipinski definition) is 0. The smallest absolute Gasteiger partial charge is 0.127 e. The molecule has 100 valence electrons. The van der Waals surface area contributed by atoms with Gasteiger partial charge in [-0.25, -0.2) is 4.39 Å². The normalized spacial score (nSPS) is 12.5. The van der Waals surface area contributed by atoms with E-state index >= 15 is 0 Å². The molecule has 0 bridgehead atoms. The molecule has 2 aromatic rings. The van der Waals surface area contributed by atoms with E-state index in [-0.39, 0.29) is 11.2 Å². The Morgan fingerprint density at radius 2 is 1.74 bits per heavy atom. The summed E-state index contributed by atoms with van der Waals surface area (Å²) < 4.78 is 13.4. The summed E-state index contributed by atoms with van der Waals surface area (Å²) in [5.74, 6) is -0.298. The van der Waals surface area contributed by atoms with Crippen molar-refractivity contribution in [2.24, 2.45) is 0 Å². The van der Waals surface area contributed by atoms with E-state index < -0.39 is 0 Å². The monoisotopic (exact) mass is 296 g/mol. The van der Waals surface area contributed by atoms with Crippen molar-refractivity contribution in [3.63, 3.8) is 0 Å². The van der Waals surface area contributed by atoms with Crippen molar-refractivity contribution in [2.45, 2.75) is 25.6 Å². The summed E-state index contributed by atoms with van der Waals surface area (Å²) in [7, 11) is 0. The van der Waals surface area contributed by atoms with Crippen LogP contribution in [-0.2, 0) is 6.42 Å². The highest BCUT2D eigenvalue weighted by Crippen LogP contribution is 2.32. The third-order valence-corrected chi connectivity index (χ3v) is 3.87. The van der Waals surface area contributed by atoms with Crippen molar-refractivity contribution >= 4 is 23.2 Å². The van der Waals surface area contributed by atoms with Crippen molar-refractivity contribution < 1.29 is 4.39 Å². The zero-order chi connectivity index (χ0) is 14.0. The molecule has 0 amide bonds. The van der Waals surface area contributed by atoms with Gasteiger partial charge in [-0.15, -0.1) is 11.6 Å². The molecular formula is C16H15Cl2F. The first-order chi connectivity index (χ1) is 8.97. The zero-order valence-electron chi connectivity index (χ0n) is 10.9. The van der Waals surface area contributed by atoms with Gasteiger partial charge in [-0.1, -0.05) is 47.5 Å². The van der Waals surface area contributed by atoms with Crippen LogP contribution >= 0.6 is 23.2 Å². The number of rotatable bonds is 3. The highest BCUT2D eigenvalue weighted by atomic mass is 35.5. The van der Waals surface area contributed by atoms with E-state index in [1.165, 1.54) is 11.6 Å². The molecule has 1 unspecified atom stereocenters. The first-order valence-corrected chi connectivity index (χ1v) is 6.94. The van der Waals surface area contributed by atoms with Crippen molar-refractivity contribution in [3.05, 3.63) is 69.5 Å². The van der Waals surface area contributed by atoms with Gasteiger partial charge in [0.2, 0.25) is 0 Å². The Kier molecular flexibility index (Phi) is 4.49. The highest BCUT2D eigenvalue weighted by Gasteiger charge is 2.15. The van der Waals surface area contributed by atoms with Crippen LogP contribution < -0.4 is 0 Å². The fourth-order valence-electron chi connectivity index (χ4n) is 1.96. The molecule has 0 spiro atoms. The first kappa shape index (κ1) is 14.4. The summed E-state index contributed by atoms with van der Waals surface area (Å²) in [6.07, 6.45) is 0.673. The van der Waals surface area contributed by atoms with Crippen LogP contribution in [0.3, 0.4) is 0 Å². The Morgan fingerprint density at radius 3 is 2.37 bits per heavy atom. The average Bonchev–Trinajstić information content (AvgIpc) is 2.36. The lowest BCUT2D eigenvalue weighted by Gasteiger charge is -2.13. The summed E-state index contributed by atoms with van der Waals surface area (Å²) in [5.41, 5.74) is 3.70. The lowest BCUT2D eigenvalue weighted by atomic mass is 10.0. The third kappa shape index (κ3) is 3.49. The lowest BCUT2D eigenvalue weighted by molar-refractivity contribution is 0.617. The molecule has 0 aliphatic rings.